The molecule has 2 aromatic rings. The van der Waals surface area contributed by atoms with Gasteiger partial charge in [-0.25, -0.2) is 9.18 Å². The van der Waals surface area contributed by atoms with Crippen LogP contribution >= 0.6 is 0 Å². The zero-order valence-corrected chi connectivity index (χ0v) is 14.1. The third kappa shape index (κ3) is 4.56. The maximum atomic E-state index is 14.3. The topological polar surface area (TPSA) is 75.6 Å². The van der Waals surface area contributed by atoms with E-state index < -0.39 is 23.7 Å². The van der Waals surface area contributed by atoms with Crippen molar-refractivity contribution < 1.29 is 23.8 Å². The maximum absolute atomic E-state index is 14.3. The number of ether oxygens (including phenoxy) is 1. The number of hydrogen-bond acceptors (Lipinski definition) is 3. The minimum atomic E-state index is -1.13. The van der Waals surface area contributed by atoms with Gasteiger partial charge in [-0.05, 0) is 41.8 Å². The molecular formula is C19H20FNO4. The largest absolute Gasteiger partial charge is 0.497 e. The number of hydrogen-bond donors (Lipinski definition) is 2. The summed E-state index contributed by atoms with van der Waals surface area (Å²) in [5.41, 5.74) is 1.21. The van der Waals surface area contributed by atoms with Crippen LogP contribution < -0.4 is 10.1 Å². The molecule has 0 saturated heterocycles. The van der Waals surface area contributed by atoms with E-state index in [1.54, 1.807) is 37.4 Å². The molecule has 2 rings (SSSR count). The standard InChI is InChI=1S/C19H20FNO4/c1-3-4-17(19(23)24)21-18(22)15-10-7-13(11-16(15)20)12-5-8-14(25-2)9-6-12/h5-11,17H,3-4H2,1-2H3,(H,21,22)(H,23,24). The number of carbonyl (C=O) groups is 2. The molecule has 132 valence electrons. The number of carboxylic acid groups (broad SMARTS) is 1. The molecule has 0 fully saturated rings. The van der Waals surface area contributed by atoms with Crippen molar-refractivity contribution in [1.29, 1.82) is 0 Å². The quantitative estimate of drug-likeness (QED) is 0.805. The third-order valence-corrected chi connectivity index (χ3v) is 3.82. The van der Waals surface area contributed by atoms with Crippen LogP contribution in [0, 0.1) is 5.82 Å². The van der Waals surface area contributed by atoms with Crippen LogP contribution in [0.1, 0.15) is 30.1 Å². The van der Waals surface area contributed by atoms with Crippen molar-refractivity contribution in [2.24, 2.45) is 0 Å². The van der Waals surface area contributed by atoms with E-state index in [1.807, 2.05) is 6.92 Å². The molecule has 0 saturated carbocycles. The molecule has 0 bridgehead atoms. The molecule has 1 amide bonds. The van der Waals surface area contributed by atoms with E-state index in [2.05, 4.69) is 5.32 Å². The van der Waals surface area contributed by atoms with Crippen LogP contribution in [0.3, 0.4) is 0 Å². The van der Waals surface area contributed by atoms with Crippen molar-refractivity contribution in [1.82, 2.24) is 5.32 Å². The number of benzene rings is 2. The van der Waals surface area contributed by atoms with Gasteiger partial charge >= 0.3 is 5.97 Å². The molecule has 0 aliphatic rings. The Balaban J connectivity index is 2.20. The van der Waals surface area contributed by atoms with E-state index in [0.29, 0.717) is 17.7 Å². The first kappa shape index (κ1) is 18.4. The molecule has 1 atom stereocenters. The van der Waals surface area contributed by atoms with Crippen LogP contribution in [0.4, 0.5) is 4.39 Å². The summed E-state index contributed by atoms with van der Waals surface area (Å²) in [5, 5.41) is 11.4. The van der Waals surface area contributed by atoms with Crippen LogP contribution in [0.25, 0.3) is 11.1 Å². The smallest absolute Gasteiger partial charge is 0.326 e. The molecule has 0 heterocycles. The Morgan fingerprint density at radius 2 is 1.80 bits per heavy atom. The first-order chi connectivity index (χ1) is 12.0. The molecule has 0 aliphatic heterocycles. The Morgan fingerprint density at radius 3 is 2.32 bits per heavy atom. The molecule has 6 heteroatoms. The van der Waals surface area contributed by atoms with E-state index in [9.17, 15) is 14.0 Å². The SMILES string of the molecule is CCCC(NC(=O)c1ccc(-c2ccc(OC)cc2)cc1F)C(=O)O. The van der Waals surface area contributed by atoms with Gasteiger partial charge in [0.2, 0.25) is 0 Å². The van der Waals surface area contributed by atoms with Gasteiger partial charge in [-0.3, -0.25) is 4.79 Å². The minimum absolute atomic E-state index is 0.181. The first-order valence-electron chi connectivity index (χ1n) is 7.94. The fourth-order valence-corrected chi connectivity index (χ4v) is 2.44. The molecule has 1 unspecified atom stereocenters. The van der Waals surface area contributed by atoms with Gasteiger partial charge in [-0.15, -0.1) is 0 Å². The van der Waals surface area contributed by atoms with Crippen LogP contribution in [-0.4, -0.2) is 30.1 Å². The van der Waals surface area contributed by atoms with Gasteiger partial charge in [-0.2, -0.15) is 0 Å². The van der Waals surface area contributed by atoms with E-state index in [0.717, 1.165) is 5.56 Å². The lowest BCUT2D eigenvalue weighted by Crippen LogP contribution is -2.40. The lowest BCUT2D eigenvalue weighted by Gasteiger charge is -2.14. The summed E-state index contributed by atoms with van der Waals surface area (Å²) in [7, 11) is 1.56. The molecule has 2 N–H and O–H groups in total. The Hall–Kier alpha value is -2.89. The van der Waals surface area contributed by atoms with E-state index >= 15 is 0 Å². The summed E-state index contributed by atoms with van der Waals surface area (Å²) in [6.07, 6.45) is 0.878. The average molecular weight is 345 g/mol. The van der Waals surface area contributed by atoms with Gasteiger partial charge in [0.1, 0.15) is 17.6 Å². The lowest BCUT2D eigenvalue weighted by atomic mass is 10.0. The summed E-state index contributed by atoms with van der Waals surface area (Å²) < 4.78 is 19.4. The summed E-state index contributed by atoms with van der Waals surface area (Å²) in [5.74, 6) is -1.88. The molecule has 0 aromatic heterocycles. The van der Waals surface area contributed by atoms with Crippen LogP contribution in [0.2, 0.25) is 0 Å². The Bertz CT molecular complexity index is 759. The average Bonchev–Trinajstić information content (AvgIpc) is 2.61. The van der Waals surface area contributed by atoms with Crippen molar-refractivity contribution in [3.05, 3.63) is 53.8 Å². The molecular weight excluding hydrogens is 325 g/mol. The van der Waals surface area contributed by atoms with Crippen LogP contribution in [0.15, 0.2) is 42.5 Å². The predicted octanol–water partition coefficient (Wildman–Crippen LogP) is 3.48. The Labute approximate surface area is 145 Å². The number of amides is 1. The normalized spacial score (nSPS) is 11.6. The van der Waals surface area contributed by atoms with E-state index in [1.165, 1.54) is 12.1 Å². The van der Waals surface area contributed by atoms with Crippen LogP contribution in [0.5, 0.6) is 5.75 Å². The number of rotatable bonds is 7. The third-order valence-electron chi connectivity index (χ3n) is 3.82. The fourth-order valence-electron chi connectivity index (χ4n) is 2.44. The van der Waals surface area contributed by atoms with Crippen molar-refractivity contribution in [2.45, 2.75) is 25.8 Å². The molecule has 5 nitrogen and oxygen atoms in total. The zero-order valence-electron chi connectivity index (χ0n) is 14.1. The number of carboxylic acids is 1. The van der Waals surface area contributed by atoms with Gasteiger partial charge in [-0.1, -0.05) is 31.5 Å². The summed E-state index contributed by atoms with van der Waals surface area (Å²) in [6.45, 7) is 1.81. The monoisotopic (exact) mass is 345 g/mol. The number of halogens is 1. The Morgan fingerprint density at radius 1 is 1.16 bits per heavy atom. The minimum Gasteiger partial charge on any atom is -0.497 e. The fraction of sp³-hybridized carbons (Fsp3) is 0.263. The summed E-state index contributed by atoms with van der Waals surface area (Å²) in [4.78, 5) is 23.3. The highest BCUT2D eigenvalue weighted by Crippen LogP contribution is 2.24. The van der Waals surface area contributed by atoms with Gasteiger partial charge in [0.05, 0.1) is 12.7 Å². The van der Waals surface area contributed by atoms with Crippen molar-refractivity contribution in [3.63, 3.8) is 0 Å². The second kappa shape index (κ2) is 8.28. The molecule has 0 aliphatic carbocycles. The second-order valence-electron chi connectivity index (χ2n) is 5.58. The lowest BCUT2D eigenvalue weighted by molar-refractivity contribution is -0.139. The number of methoxy groups -OCH3 is 1. The number of nitrogens with one attached hydrogen (secondary N) is 1. The molecule has 2 aromatic carbocycles. The highest BCUT2D eigenvalue weighted by atomic mass is 19.1. The van der Waals surface area contributed by atoms with E-state index in [4.69, 9.17) is 9.84 Å². The van der Waals surface area contributed by atoms with Gasteiger partial charge < -0.3 is 15.2 Å². The summed E-state index contributed by atoms with van der Waals surface area (Å²) >= 11 is 0. The second-order valence-corrected chi connectivity index (χ2v) is 5.58. The highest BCUT2D eigenvalue weighted by Gasteiger charge is 2.21. The molecule has 25 heavy (non-hydrogen) atoms. The molecule has 0 spiro atoms. The highest BCUT2D eigenvalue weighted by molar-refractivity contribution is 5.97. The maximum Gasteiger partial charge on any atom is 0.326 e. The van der Waals surface area contributed by atoms with Gasteiger partial charge in [0.25, 0.3) is 5.91 Å². The zero-order chi connectivity index (χ0) is 18.4. The summed E-state index contributed by atoms with van der Waals surface area (Å²) in [6, 6.07) is 10.3. The van der Waals surface area contributed by atoms with Gasteiger partial charge in [0, 0.05) is 0 Å². The van der Waals surface area contributed by atoms with Crippen molar-refractivity contribution >= 4 is 11.9 Å². The van der Waals surface area contributed by atoms with E-state index in [-0.39, 0.29) is 12.0 Å². The first-order valence-corrected chi connectivity index (χ1v) is 7.94. The Kier molecular flexibility index (Phi) is 6.11. The van der Waals surface area contributed by atoms with Crippen molar-refractivity contribution in [3.8, 4) is 16.9 Å². The number of carbonyl (C=O) groups excluding carboxylic acids is 1. The van der Waals surface area contributed by atoms with Crippen LogP contribution in [-0.2, 0) is 4.79 Å². The molecule has 0 radical (unpaired) electrons. The number of aliphatic carboxylic acids is 1. The van der Waals surface area contributed by atoms with Gasteiger partial charge in [0.15, 0.2) is 0 Å². The predicted molar refractivity (Wildman–Crippen MR) is 92.2 cm³/mol. The van der Waals surface area contributed by atoms with Crippen molar-refractivity contribution in [2.75, 3.05) is 7.11 Å².